The third-order valence-corrected chi connectivity index (χ3v) is 3.69. The Hall–Kier alpha value is -1.13. The van der Waals surface area contributed by atoms with E-state index in [1.165, 1.54) is 0 Å². The second-order valence-corrected chi connectivity index (χ2v) is 5.64. The number of carbonyl (C=O) groups excluding carboxylic acids is 1. The molecule has 0 atom stereocenters. The molecule has 0 saturated heterocycles. The molecular weight excluding hydrogens is 328 g/mol. The van der Waals surface area contributed by atoms with Gasteiger partial charge in [0.2, 0.25) is 5.78 Å². The fourth-order valence-corrected chi connectivity index (χ4v) is 2.68. The summed E-state index contributed by atoms with van der Waals surface area (Å²) < 4.78 is 2.46. The van der Waals surface area contributed by atoms with Gasteiger partial charge < -0.3 is 0 Å². The van der Waals surface area contributed by atoms with Gasteiger partial charge in [0.05, 0.1) is 10.7 Å². The highest BCUT2D eigenvalue weighted by atomic mass is 79.9. The third-order valence-electron chi connectivity index (χ3n) is 2.88. The minimum Gasteiger partial charge on any atom is -0.287 e. The van der Waals surface area contributed by atoms with Crippen molar-refractivity contribution in [2.45, 2.75) is 26.8 Å². The zero-order chi connectivity index (χ0) is 14.0. The van der Waals surface area contributed by atoms with E-state index in [1.54, 1.807) is 29.1 Å². The maximum atomic E-state index is 12.6. The summed E-state index contributed by atoms with van der Waals surface area (Å²) in [5, 5.41) is 4.86. The van der Waals surface area contributed by atoms with Gasteiger partial charge in [-0.3, -0.25) is 9.48 Å². The number of nitrogens with zero attached hydrogens (tertiary/aromatic N) is 2. The zero-order valence-corrected chi connectivity index (χ0v) is 13.1. The van der Waals surface area contributed by atoms with Crippen LogP contribution in [0.25, 0.3) is 0 Å². The Morgan fingerprint density at radius 3 is 2.84 bits per heavy atom. The van der Waals surface area contributed by atoms with Crippen molar-refractivity contribution in [3.8, 4) is 0 Å². The van der Waals surface area contributed by atoms with Gasteiger partial charge in [-0.1, -0.05) is 18.5 Å². The number of aryl methyl sites for hydroxylation is 2. The molecule has 2 rings (SSSR count). The number of hydrogen-bond acceptors (Lipinski definition) is 2. The largest absolute Gasteiger partial charge is 0.287 e. The van der Waals surface area contributed by atoms with Gasteiger partial charge in [0.15, 0.2) is 0 Å². The van der Waals surface area contributed by atoms with E-state index in [0.29, 0.717) is 16.3 Å². The number of hydrogen-bond donors (Lipinski definition) is 0. The third kappa shape index (κ3) is 2.90. The Morgan fingerprint density at radius 2 is 2.21 bits per heavy atom. The summed E-state index contributed by atoms with van der Waals surface area (Å²) >= 11 is 9.31. The SMILES string of the molecule is CCCn1ncc(Br)c1C(=O)c1ccc(Cl)cc1C. The maximum Gasteiger partial charge on any atom is 0.212 e. The summed E-state index contributed by atoms with van der Waals surface area (Å²) in [4.78, 5) is 12.6. The lowest BCUT2D eigenvalue weighted by Gasteiger charge is -2.08. The first-order valence-electron chi connectivity index (χ1n) is 6.06. The van der Waals surface area contributed by atoms with Gasteiger partial charge in [-0.25, -0.2) is 0 Å². The predicted molar refractivity (Wildman–Crippen MR) is 79.8 cm³/mol. The van der Waals surface area contributed by atoms with Crippen molar-refractivity contribution in [3.63, 3.8) is 0 Å². The molecule has 1 aromatic heterocycles. The monoisotopic (exact) mass is 340 g/mol. The van der Waals surface area contributed by atoms with Crippen molar-refractivity contribution in [2.24, 2.45) is 0 Å². The Kier molecular flexibility index (Phi) is 4.42. The van der Waals surface area contributed by atoms with Gasteiger partial charge in [0, 0.05) is 17.1 Å². The van der Waals surface area contributed by atoms with E-state index in [1.807, 2.05) is 6.92 Å². The molecule has 1 heterocycles. The molecule has 0 bridgehead atoms. The van der Waals surface area contributed by atoms with Gasteiger partial charge in [-0.05, 0) is 53.0 Å². The van der Waals surface area contributed by atoms with Crippen molar-refractivity contribution >= 4 is 33.3 Å². The summed E-state index contributed by atoms with van der Waals surface area (Å²) in [6.07, 6.45) is 2.59. The summed E-state index contributed by atoms with van der Waals surface area (Å²) in [7, 11) is 0. The molecule has 2 aromatic rings. The molecule has 0 unspecified atom stereocenters. The molecule has 100 valence electrons. The van der Waals surface area contributed by atoms with Crippen molar-refractivity contribution in [1.29, 1.82) is 0 Å². The van der Waals surface area contributed by atoms with Crippen LogP contribution in [0.4, 0.5) is 0 Å². The first-order valence-corrected chi connectivity index (χ1v) is 7.23. The summed E-state index contributed by atoms with van der Waals surface area (Å²) in [6.45, 7) is 4.66. The van der Waals surface area contributed by atoms with Crippen molar-refractivity contribution in [1.82, 2.24) is 9.78 Å². The van der Waals surface area contributed by atoms with E-state index in [2.05, 4.69) is 28.0 Å². The highest BCUT2D eigenvalue weighted by molar-refractivity contribution is 9.10. The second kappa shape index (κ2) is 5.88. The molecule has 3 nitrogen and oxygen atoms in total. The van der Waals surface area contributed by atoms with Crippen LogP contribution in [0.15, 0.2) is 28.9 Å². The highest BCUT2D eigenvalue weighted by Crippen LogP contribution is 2.23. The van der Waals surface area contributed by atoms with Gasteiger partial charge in [0.25, 0.3) is 0 Å². The zero-order valence-electron chi connectivity index (χ0n) is 10.8. The molecule has 5 heteroatoms. The van der Waals surface area contributed by atoms with Crippen LogP contribution in [-0.4, -0.2) is 15.6 Å². The van der Waals surface area contributed by atoms with E-state index in [4.69, 9.17) is 11.6 Å². The van der Waals surface area contributed by atoms with Crippen LogP contribution >= 0.6 is 27.5 Å². The van der Waals surface area contributed by atoms with E-state index >= 15 is 0 Å². The minimum absolute atomic E-state index is 0.0352. The summed E-state index contributed by atoms with van der Waals surface area (Å²) in [6, 6.07) is 5.29. The van der Waals surface area contributed by atoms with Gasteiger partial charge in [-0.15, -0.1) is 0 Å². The molecular formula is C14H14BrClN2O. The summed E-state index contributed by atoms with van der Waals surface area (Å²) in [5.74, 6) is -0.0352. The van der Waals surface area contributed by atoms with E-state index < -0.39 is 0 Å². The molecule has 1 aromatic carbocycles. The van der Waals surface area contributed by atoms with Crippen LogP contribution in [0.5, 0.6) is 0 Å². The Labute approximate surface area is 125 Å². The number of halogens is 2. The number of benzene rings is 1. The smallest absolute Gasteiger partial charge is 0.212 e. The molecule has 0 aliphatic carbocycles. The lowest BCUT2D eigenvalue weighted by molar-refractivity contribution is 0.102. The van der Waals surface area contributed by atoms with Crippen LogP contribution in [-0.2, 0) is 6.54 Å². The molecule has 0 saturated carbocycles. The Bertz CT molecular complexity index is 622. The molecule has 0 amide bonds. The minimum atomic E-state index is -0.0352. The van der Waals surface area contributed by atoms with Gasteiger partial charge in [0.1, 0.15) is 5.69 Å². The average Bonchev–Trinajstić information content (AvgIpc) is 2.70. The van der Waals surface area contributed by atoms with E-state index in [9.17, 15) is 4.79 Å². The average molecular weight is 342 g/mol. The molecule has 0 fully saturated rings. The van der Waals surface area contributed by atoms with Crippen LogP contribution in [0.3, 0.4) is 0 Å². The fourth-order valence-electron chi connectivity index (χ4n) is 1.98. The van der Waals surface area contributed by atoms with Crippen LogP contribution < -0.4 is 0 Å². The predicted octanol–water partition coefficient (Wildman–Crippen LogP) is 4.25. The lowest BCUT2D eigenvalue weighted by atomic mass is 10.0. The number of aromatic nitrogens is 2. The normalized spacial score (nSPS) is 10.7. The van der Waals surface area contributed by atoms with Crippen molar-refractivity contribution in [2.75, 3.05) is 0 Å². The van der Waals surface area contributed by atoms with Gasteiger partial charge in [-0.2, -0.15) is 5.10 Å². The Morgan fingerprint density at radius 1 is 1.47 bits per heavy atom. The van der Waals surface area contributed by atoms with E-state index in [0.717, 1.165) is 23.0 Å². The molecule has 0 spiro atoms. The first-order chi connectivity index (χ1) is 9.04. The number of rotatable bonds is 4. The van der Waals surface area contributed by atoms with Crippen LogP contribution in [0.1, 0.15) is 35.0 Å². The number of ketones is 1. The first kappa shape index (κ1) is 14.3. The second-order valence-electron chi connectivity index (χ2n) is 4.35. The van der Waals surface area contributed by atoms with Crippen molar-refractivity contribution in [3.05, 3.63) is 50.7 Å². The standard InChI is InChI=1S/C14H14BrClN2O/c1-3-6-18-13(12(15)8-17-18)14(19)11-5-4-10(16)7-9(11)2/h4-5,7-8H,3,6H2,1-2H3. The molecule has 19 heavy (non-hydrogen) atoms. The maximum absolute atomic E-state index is 12.6. The van der Waals surface area contributed by atoms with Gasteiger partial charge >= 0.3 is 0 Å². The Balaban J connectivity index is 2.46. The molecule has 0 radical (unpaired) electrons. The lowest BCUT2D eigenvalue weighted by Crippen LogP contribution is -2.13. The quantitative estimate of drug-likeness (QED) is 0.779. The topological polar surface area (TPSA) is 34.9 Å². The van der Waals surface area contributed by atoms with Crippen LogP contribution in [0.2, 0.25) is 5.02 Å². The molecule has 0 N–H and O–H groups in total. The van der Waals surface area contributed by atoms with E-state index in [-0.39, 0.29) is 5.78 Å². The highest BCUT2D eigenvalue weighted by Gasteiger charge is 2.20. The fraction of sp³-hybridized carbons (Fsp3) is 0.286. The molecule has 0 aliphatic rings. The molecule has 0 aliphatic heterocycles. The van der Waals surface area contributed by atoms with Crippen molar-refractivity contribution < 1.29 is 4.79 Å². The summed E-state index contributed by atoms with van der Waals surface area (Å²) in [5.41, 5.74) is 2.11. The van der Waals surface area contributed by atoms with Crippen LogP contribution in [0, 0.1) is 6.92 Å². The number of carbonyl (C=O) groups is 1.